The summed E-state index contributed by atoms with van der Waals surface area (Å²) in [5.41, 5.74) is -0.507. The monoisotopic (exact) mass is 324 g/mol. The molecule has 122 valence electrons. The summed E-state index contributed by atoms with van der Waals surface area (Å²) in [5, 5.41) is 1.90. The van der Waals surface area contributed by atoms with Gasteiger partial charge in [0.25, 0.3) is 5.91 Å². The van der Waals surface area contributed by atoms with Crippen molar-refractivity contribution in [3.8, 4) is 0 Å². The first kappa shape index (κ1) is 16.8. The predicted molar refractivity (Wildman–Crippen MR) is 87.2 cm³/mol. The van der Waals surface area contributed by atoms with Crippen LogP contribution in [-0.4, -0.2) is 53.6 Å². The number of nitrogens with zero attached hydrogens (tertiary/aromatic N) is 2. The summed E-state index contributed by atoms with van der Waals surface area (Å²) in [6.45, 7) is 6.87. The van der Waals surface area contributed by atoms with Crippen molar-refractivity contribution in [1.29, 1.82) is 0 Å². The van der Waals surface area contributed by atoms with Gasteiger partial charge in [-0.25, -0.2) is 4.79 Å². The van der Waals surface area contributed by atoms with Crippen LogP contribution in [-0.2, 0) is 4.74 Å². The molecule has 1 aliphatic heterocycles. The van der Waals surface area contributed by atoms with E-state index in [0.717, 1.165) is 24.3 Å². The zero-order valence-electron chi connectivity index (χ0n) is 13.7. The minimum absolute atomic E-state index is 0.00696. The Bertz CT molecular complexity index is 522. The summed E-state index contributed by atoms with van der Waals surface area (Å²) >= 11 is 1.45. The molecule has 1 aromatic rings. The van der Waals surface area contributed by atoms with Crippen molar-refractivity contribution in [2.75, 3.05) is 20.1 Å². The Hall–Kier alpha value is -1.56. The van der Waals surface area contributed by atoms with Crippen LogP contribution in [0.3, 0.4) is 0 Å². The molecule has 0 spiro atoms. The number of thiophene rings is 1. The molecular weight excluding hydrogens is 300 g/mol. The van der Waals surface area contributed by atoms with Crippen molar-refractivity contribution in [3.05, 3.63) is 22.4 Å². The minimum atomic E-state index is -0.507. The van der Waals surface area contributed by atoms with Crippen molar-refractivity contribution in [3.63, 3.8) is 0 Å². The molecule has 5 nitrogen and oxygen atoms in total. The molecular formula is C16H24N2O3S. The van der Waals surface area contributed by atoms with Gasteiger partial charge in [-0.3, -0.25) is 4.79 Å². The maximum atomic E-state index is 12.4. The number of likely N-dealkylation sites (N-methyl/N-ethyl adjacent to an activating group) is 1. The van der Waals surface area contributed by atoms with Gasteiger partial charge in [-0.2, -0.15) is 0 Å². The van der Waals surface area contributed by atoms with Crippen LogP contribution >= 0.6 is 11.3 Å². The number of hydrogen-bond acceptors (Lipinski definition) is 4. The van der Waals surface area contributed by atoms with Gasteiger partial charge >= 0.3 is 6.09 Å². The van der Waals surface area contributed by atoms with Gasteiger partial charge in [0.15, 0.2) is 0 Å². The van der Waals surface area contributed by atoms with E-state index in [2.05, 4.69) is 0 Å². The highest BCUT2D eigenvalue weighted by Gasteiger charge is 2.31. The molecule has 22 heavy (non-hydrogen) atoms. The summed E-state index contributed by atoms with van der Waals surface area (Å²) < 4.78 is 5.41. The Kier molecular flexibility index (Phi) is 5.11. The third kappa shape index (κ3) is 4.22. The summed E-state index contributed by atoms with van der Waals surface area (Å²) in [4.78, 5) is 28.8. The van der Waals surface area contributed by atoms with E-state index >= 15 is 0 Å². The fraction of sp³-hybridized carbons (Fsp3) is 0.625. The number of amides is 2. The van der Waals surface area contributed by atoms with Gasteiger partial charge in [0.1, 0.15) is 5.60 Å². The van der Waals surface area contributed by atoms with Gasteiger partial charge in [-0.1, -0.05) is 6.07 Å². The summed E-state index contributed by atoms with van der Waals surface area (Å²) in [5.74, 6) is 0.0530. The van der Waals surface area contributed by atoms with E-state index in [1.165, 1.54) is 11.3 Å². The Morgan fingerprint density at radius 2 is 2.14 bits per heavy atom. The predicted octanol–water partition coefficient (Wildman–Crippen LogP) is 3.22. The van der Waals surface area contributed by atoms with E-state index in [-0.39, 0.29) is 18.0 Å². The second-order valence-electron chi connectivity index (χ2n) is 6.62. The van der Waals surface area contributed by atoms with Gasteiger partial charge in [-0.05, 0) is 45.1 Å². The number of rotatable bonds is 2. The average Bonchev–Trinajstić information content (AvgIpc) is 2.98. The molecule has 1 atom stereocenters. The molecule has 0 aliphatic carbocycles. The summed E-state index contributed by atoms with van der Waals surface area (Å²) in [7, 11) is 1.75. The minimum Gasteiger partial charge on any atom is -0.444 e. The average molecular weight is 324 g/mol. The number of carbonyl (C=O) groups is 2. The molecule has 0 N–H and O–H groups in total. The second kappa shape index (κ2) is 6.69. The van der Waals surface area contributed by atoms with Crippen molar-refractivity contribution >= 4 is 23.3 Å². The zero-order chi connectivity index (χ0) is 16.3. The SMILES string of the molecule is CN(C(=O)OC(C)(C)C)[C@H]1CCCN(C(=O)c2cccs2)C1. The molecule has 1 aromatic heterocycles. The third-order valence-electron chi connectivity index (χ3n) is 3.64. The molecule has 0 aromatic carbocycles. The van der Waals surface area contributed by atoms with Crippen molar-refractivity contribution in [2.24, 2.45) is 0 Å². The molecule has 2 heterocycles. The van der Waals surface area contributed by atoms with Crippen LogP contribution in [0.15, 0.2) is 17.5 Å². The number of carbonyl (C=O) groups excluding carboxylic acids is 2. The first-order valence-corrected chi connectivity index (χ1v) is 8.44. The van der Waals surface area contributed by atoms with Crippen molar-refractivity contribution in [1.82, 2.24) is 9.80 Å². The molecule has 0 saturated carbocycles. The lowest BCUT2D eigenvalue weighted by atomic mass is 10.0. The topological polar surface area (TPSA) is 49.9 Å². The van der Waals surface area contributed by atoms with Gasteiger partial charge in [0.2, 0.25) is 0 Å². The van der Waals surface area contributed by atoms with Crippen LogP contribution in [0, 0.1) is 0 Å². The van der Waals surface area contributed by atoms with Crippen LogP contribution in [0.4, 0.5) is 4.79 Å². The second-order valence-corrected chi connectivity index (χ2v) is 7.56. The molecule has 1 saturated heterocycles. The molecule has 2 amide bonds. The fourth-order valence-corrected chi connectivity index (χ4v) is 3.19. The van der Waals surface area contributed by atoms with E-state index in [1.54, 1.807) is 11.9 Å². The number of likely N-dealkylation sites (tertiary alicyclic amines) is 1. The summed E-state index contributed by atoms with van der Waals surface area (Å²) in [6, 6.07) is 3.73. The largest absolute Gasteiger partial charge is 0.444 e. The van der Waals surface area contributed by atoms with Gasteiger partial charge in [-0.15, -0.1) is 11.3 Å². The highest BCUT2D eigenvalue weighted by molar-refractivity contribution is 7.12. The van der Waals surface area contributed by atoms with E-state index in [4.69, 9.17) is 4.74 Å². The molecule has 0 radical (unpaired) electrons. The van der Waals surface area contributed by atoms with Crippen LogP contribution in [0.25, 0.3) is 0 Å². The van der Waals surface area contributed by atoms with Crippen molar-refractivity contribution < 1.29 is 14.3 Å². The first-order valence-electron chi connectivity index (χ1n) is 7.56. The lowest BCUT2D eigenvalue weighted by molar-refractivity contribution is 0.0132. The maximum Gasteiger partial charge on any atom is 0.410 e. The fourth-order valence-electron chi connectivity index (χ4n) is 2.49. The lowest BCUT2D eigenvalue weighted by Gasteiger charge is -2.37. The van der Waals surface area contributed by atoms with Crippen LogP contribution < -0.4 is 0 Å². The van der Waals surface area contributed by atoms with E-state index in [0.29, 0.717) is 6.54 Å². The quantitative estimate of drug-likeness (QED) is 0.839. The van der Waals surface area contributed by atoms with Gasteiger partial charge < -0.3 is 14.5 Å². The van der Waals surface area contributed by atoms with Crippen LogP contribution in [0.1, 0.15) is 43.3 Å². The standard InChI is InChI=1S/C16H24N2O3S/c1-16(2,3)21-15(20)17(4)12-7-5-9-18(11-12)14(19)13-8-6-10-22-13/h6,8,10,12H,5,7,9,11H2,1-4H3/t12-/m0/s1. The van der Waals surface area contributed by atoms with Crippen molar-refractivity contribution in [2.45, 2.75) is 45.3 Å². The van der Waals surface area contributed by atoms with Gasteiger partial charge in [0, 0.05) is 20.1 Å². The highest BCUT2D eigenvalue weighted by Crippen LogP contribution is 2.20. The Balaban J connectivity index is 1.98. The Morgan fingerprint density at radius 3 is 2.73 bits per heavy atom. The number of hydrogen-bond donors (Lipinski definition) is 0. The molecule has 1 fully saturated rings. The third-order valence-corrected chi connectivity index (χ3v) is 4.50. The van der Waals surface area contributed by atoms with E-state index in [9.17, 15) is 9.59 Å². The van der Waals surface area contributed by atoms with Crippen LogP contribution in [0.5, 0.6) is 0 Å². The molecule has 0 bridgehead atoms. The molecule has 0 unspecified atom stereocenters. The number of piperidine rings is 1. The van der Waals surface area contributed by atoms with E-state index in [1.807, 2.05) is 43.2 Å². The lowest BCUT2D eigenvalue weighted by Crippen LogP contribution is -2.51. The summed E-state index contributed by atoms with van der Waals surface area (Å²) in [6.07, 6.45) is 1.46. The highest BCUT2D eigenvalue weighted by atomic mass is 32.1. The molecule has 1 aliphatic rings. The smallest absolute Gasteiger partial charge is 0.410 e. The molecule has 2 rings (SSSR count). The normalized spacial score (nSPS) is 18.9. The Morgan fingerprint density at radius 1 is 1.41 bits per heavy atom. The maximum absolute atomic E-state index is 12.4. The number of ether oxygens (including phenoxy) is 1. The molecule has 6 heteroatoms. The Labute approximate surface area is 135 Å². The zero-order valence-corrected chi connectivity index (χ0v) is 14.5. The van der Waals surface area contributed by atoms with Crippen LogP contribution in [0.2, 0.25) is 0 Å². The van der Waals surface area contributed by atoms with E-state index < -0.39 is 5.60 Å². The first-order chi connectivity index (χ1) is 10.3. The van der Waals surface area contributed by atoms with Gasteiger partial charge in [0.05, 0.1) is 10.9 Å².